The molecule has 0 saturated heterocycles. The first-order valence-corrected chi connectivity index (χ1v) is 8.41. The Morgan fingerprint density at radius 1 is 1.41 bits per heavy atom. The summed E-state index contributed by atoms with van der Waals surface area (Å²) in [7, 11) is 1.47. The summed E-state index contributed by atoms with van der Waals surface area (Å²) < 4.78 is 17.8. The molecule has 1 aromatic carbocycles. The number of fused-ring (bicyclic) bond motifs is 2. The highest BCUT2D eigenvalue weighted by Gasteiger charge is 2.48. The minimum absolute atomic E-state index is 0.0202. The molecule has 10 heteroatoms. The summed E-state index contributed by atoms with van der Waals surface area (Å²) in [4.78, 5) is 23.7. The molecule has 0 spiro atoms. The van der Waals surface area contributed by atoms with Crippen molar-refractivity contribution in [2.24, 2.45) is 0 Å². The Balaban J connectivity index is 1.92. The molecular weight excluding hydrogens is 356 g/mol. The summed E-state index contributed by atoms with van der Waals surface area (Å²) in [6.45, 7) is 3.87. The zero-order valence-electron chi connectivity index (χ0n) is 15.0. The second-order valence-electron chi connectivity index (χ2n) is 6.64. The van der Waals surface area contributed by atoms with Gasteiger partial charge in [0.15, 0.2) is 11.5 Å². The molecule has 0 fully saturated rings. The van der Waals surface area contributed by atoms with Gasteiger partial charge in [-0.2, -0.15) is 5.10 Å². The molecule has 2 aliphatic heterocycles. The summed E-state index contributed by atoms with van der Waals surface area (Å²) in [6.07, 6.45) is 1.56. The van der Waals surface area contributed by atoms with Crippen molar-refractivity contribution in [1.82, 2.24) is 9.78 Å². The van der Waals surface area contributed by atoms with Gasteiger partial charge >= 0.3 is 11.9 Å². The number of benzene rings is 1. The van der Waals surface area contributed by atoms with Gasteiger partial charge in [-0.05, 0) is 31.5 Å². The molecule has 0 radical (unpaired) electrons. The largest absolute Gasteiger partial charge is 0.493 e. The molecule has 0 aliphatic carbocycles. The molecule has 3 heterocycles. The number of nitrogens with zero attached hydrogens (tertiary/aromatic N) is 3. The van der Waals surface area contributed by atoms with Crippen molar-refractivity contribution >= 4 is 11.7 Å². The zero-order chi connectivity index (χ0) is 19.3. The molecule has 2 atom stereocenters. The molecule has 1 N–H and O–H groups in total. The van der Waals surface area contributed by atoms with Crippen molar-refractivity contribution in [2.75, 3.05) is 19.2 Å². The van der Waals surface area contributed by atoms with Gasteiger partial charge < -0.3 is 19.5 Å². The van der Waals surface area contributed by atoms with E-state index >= 15 is 0 Å². The molecule has 4 rings (SSSR count). The molecular formula is C17H18N4O6. The van der Waals surface area contributed by atoms with Crippen molar-refractivity contribution < 1.29 is 23.9 Å². The number of hydrogen-bond acceptors (Lipinski definition) is 7. The number of ether oxygens (including phenoxy) is 3. The summed E-state index contributed by atoms with van der Waals surface area (Å²) in [6, 6.07) is 1.78. The van der Waals surface area contributed by atoms with E-state index < -0.39 is 22.8 Å². The van der Waals surface area contributed by atoms with Crippen LogP contribution in [0.25, 0.3) is 0 Å². The number of rotatable bonds is 4. The number of anilines is 1. The van der Waals surface area contributed by atoms with Gasteiger partial charge in [0.1, 0.15) is 5.82 Å². The molecule has 10 nitrogen and oxygen atoms in total. The van der Waals surface area contributed by atoms with Crippen LogP contribution < -0.4 is 19.5 Å². The summed E-state index contributed by atoms with van der Waals surface area (Å²) in [5.74, 6) is 0.212. The van der Waals surface area contributed by atoms with E-state index in [0.29, 0.717) is 34.2 Å². The van der Waals surface area contributed by atoms with Crippen LogP contribution in [0, 0.1) is 10.1 Å². The van der Waals surface area contributed by atoms with E-state index in [2.05, 4.69) is 10.4 Å². The van der Waals surface area contributed by atoms with Gasteiger partial charge in [0.25, 0.3) is 0 Å². The highest BCUT2D eigenvalue weighted by molar-refractivity contribution is 5.98. The third-order valence-corrected chi connectivity index (χ3v) is 4.74. The van der Waals surface area contributed by atoms with Crippen molar-refractivity contribution in [1.29, 1.82) is 0 Å². The predicted molar refractivity (Wildman–Crippen MR) is 93.0 cm³/mol. The zero-order valence-corrected chi connectivity index (χ0v) is 15.0. The molecule has 1 amide bonds. The number of amides is 1. The van der Waals surface area contributed by atoms with Gasteiger partial charge in [0.05, 0.1) is 19.2 Å². The molecule has 0 bridgehead atoms. The second kappa shape index (κ2) is 6.15. The number of nitro groups is 1. The third kappa shape index (κ3) is 2.56. The first-order valence-electron chi connectivity index (χ1n) is 8.41. The van der Waals surface area contributed by atoms with Gasteiger partial charge in [-0.15, -0.1) is 0 Å². The van der Waals surface area contributed by atoms with Gasteiger partial charge in [-0.1, -0.05) is 0 Å². The van der Waals surface area contributed by atoms with E-state index in [-0.39, 0.29) is 12.8 Å². The van der Waals surface area contributed by atoms with Crippen LogP contribution in [0.3, 0.4) is 0 Å². The topological polar surface area (TPSA) is 118 Å². The van der Waals surface area contributed by atoms with Crippen LogP contribution in [0.1, 0.15) is 36.9 Å². The Labute approximate surface area is 154 Å². The minimum Gasteiger partial charge on any atom is -0.493 e. The monoisotopic (exact) mass is 374 g/mol. The maximum absolute atomic E-state index is 12.6. The first kappa shape index (κ1) is 17.1. The van der Waals surface area contributed by atoms with E-state index in [1.54, 1.807) is 23.0 Å². The lowest BCUT2D eigenvalue weighted by molar-refractivity contribution is -0.509. The van der Waals surface area contributed by atoms with Crippen molar-refractivity contribution in [3.05, 3.63) is 39.6 Å². The Morgan fingerprint density at radius 3 is 2.85 bits per heavy atom. The fourth-order valence-electron chi connectivity index (χ4n) is 3.54. The summed E-state index contributed by atoms with van der Waals surface area (Å²) in [5, 5.41) is 18.7. The minimum atomic E-state index is -1.49. The van der Waals surface area contributed by atoms with E-state index in [0.717, 1.165) is 0 Å². The van der Waals surface area contributed by atoms with Crippen LogP contribution >= 0.6 is 0 Å². The molecule has 0 saturated carbocycles. The van der Waals surface area contributed by atoms with Crippen LogP contribution in [0.15, 0.2) is 18.3 Å². The lowest BCUT2D eigenvalue weighted by atomic mass is 9.83. The van der Waals surface area contributed by atoms with Gasteiger partial charge in [-0.25, -0.2) is 4.68 Å². The number of hydrogen-bond donors (Lipinski definition) is 1. The van der Waals surface area contributed by atoms with Crippen LogP contribution in [0.5, 0.6) is 17.2 Å². The molecule has 142 valence electrons. The smallest absolute Gasteiger partial charge is 0.301 e. The van der Waals surface area contributed by atoms with Gasteiger partial charge in [-0.3, -0.25) is 14.9 Å². The number of aromatic nitrogens is 2. The van der Waals surface area contributed by atoms with E-state index in [1.807, 2.05) is 13.8 Å². The third-order valence-electron chi connectivity index (χ3n) is 4.74. The molecule has 2 aromatic rings. The van der Waals surface area contributed by atoms with Crippen molar-refractivity contribution in [3.63, 3.8) is 0 Å². The highest BCUT2D eigenvalue weighted by atomic mass is 16.7. The quantitative estimate of drug-likeness (QED) is 0.642. The number of methoxy groups -OCH3 is 1. The van der Waals surface area contributed by atoms with E-state index in [9.17, 15) is 14.9 Å². The fraction of sp³-hybridized carbons (Fsp3) is 0.412. The number of carbonyl (C=O) groups is 1. The SMILES string of the molecule is COc1cc([C@H]2c3cnn(C(C)C)c3NC(=O)[C@@H]2[N+](=O)[O-])cc2c1OCO2. The Hall–Kier alpha value is -3.30. The lowest BCUT2D eigenvalue weighted by Crippen LogP contribution is -2.44. The maximum Gasteiger partial charge on any atom is 0.301 e. The standard InChI is InChI=1S/C17H18N4O6/c1-8(2)20-16-10(6-18-20)13(14(21(23)24)17(22)19-16)9-4-11(25-3)15-12(5-9)26-7-27-15/h4-6,8,13-14H,7H2,1-3H3,(H,19,22)/t13-,14+/m0/s1. The number of nitrogens with one attached hydrogen (secondary N) is 1. The predicted octanol–water partition coefficient (Wildman–Crippen LogP) is 1.93. The lowest BCUT2D eigenvalue weighted by Gasteiger charge is -2.27. The summed E-state index contributed by atoms with van der Waals surface area (Å²) in [5.41, 5.74) is 1.10. The van der Waals surface area contributed by atoms with E-state index in [4.69, 9.17) is 14.2 Å². The maximum atomic E-state index is 12.6. The summed E-state index contributed by atoms with van der Waals surface area (Å²) >= 11 is 0. The first-order chi connectivity index (χ1) is 12.9. The Bertz CT molecular complexity index is 938. The second-order valence-corrected chi connectivity index (χ2v) is 6.64. The van der Waals surface area contributed by atoms with Gasteiger partial charge in [0.2, 0.25) is 12.5 Å². The van der Waals surface area contributed by atoms with Crippen molar-refractivity contribution in [2.45, 2.75) is 31.8 Å². The Kier molecular flexibility index (Phi) is 3.90. The fourth-order valence-corrected chi connectivity index (χ4v) is 3.54. The van der Waals surface area contributed by atoms with Crippen molar-refractivity contribution in [3.8, 4) is 17.2 Å². The van der Waals surface area contributed by atoms with Crippen LogP contribution in [-0.4, -0.2) is 40.6 Å². The van der Waals surface area contributed by atoms with Crippen LogP contribution in [0.4, 0.5) is 5.82 Å². The molecule has 27 heavy (non-hydrogen) atoms. The highest BCUT2D eigenvalue weighted by Crippen LogP contribution is 2.47. The van der Waals surface area contributed by atoms with Crippen LogP contribution in [-0.2, 0) is 4.79 Å². The average Bonchev–Trinajstić information content (AvgIpc) is 3.25. The Morgan fingerprint density at radius 2 is 2.19 bits per heavy atom. The molecule has 1 aromatic heterocycles. The van der Waals surface area contributed by atoms with Crippen LogP contribution in [0.2, 0.25) is 0 Å². The average molecular weight is 374 g/mol. The number of carbonyl (C=O) groups excluding carboxylic acids is 1. The van der Waals surface area contributed by atoms with Gasteiger partial charge in [0, 0.05) is 16.5 Å². The molecule has 0 unspecified atom stereocenters. The van der Waals surface area contributed by atoms with E-state index in [1.165, 1.54) is 7.11 Å². The molecule has 2 aliphatic rings. The normalized spacial score (nSPS) is 20.4.